The average Bonchev–Trinajstić information content (AvgIpc) is 3.01. The Hall–Kier alpha value is -2.65. The summed E-state index contributed by atoms with van der Waals surface area (Å²) < 4.78 is 15.0. The monoisotopic (exact) mass is 435 g/mol. The van der Waals surface area contributed by atoms with Crippen molar-refractivity contribution in [1.82, 2.24) is 20.0 Å². The third-order valence-corrected chi connectivity index (χ3v) is 5.96. The third kappa shape index (κ3) is 3.87. The van der Waals surface area contributed by atoms with E-state index in [4.69, 9.17) is 11.6 Å². The Morgan fingerprint density at radius 1 is 1.50 bits per heavy atom. The predicted octanol–water partition coefficient (Wildman–Crippen LogP) is 2.40. The van der Waals surface area contributed by atoms with Crippen molar-refractivity contribution >= 4 is 29.2 Å². The van der Waals surface area contributed by atoms with Crippen molar-refractivity contribution in [1.29, 1.82) is 0 Å². The molecule has 3 amide bonds. The molecule has 0 saturated heterocycles. The van der Waals surface area contributed by atoms with Gasteiger partial charge in [-0.25, -0.2) is 9.18 Å². The topological polar surface area (TPSA) is 99.5 Å². The number of nitrogens with zero attached hydrogens (tertiary/aromatic N) is 3. The number of fused-ring (bicyclic) bond motifs is 3. The number of halogens is 2. The fraction of sp³-hybridized carbons (Fsp3) is 0.450. The molecule has 0 radical (unpaired) electrons. The van der Waals surface area contributed by atoms with Gasteiger partial charge in [-0.05, 0) is 24.6 Å². The number of amides is 3. The number of benzene rings is 1. The molecule has 1 aromatic heterocycles. The number of hydrogen-bond acceptors (Lipinski definition) is 4. The summed E-state index contributed by atoms with van der Waals surface area (Å²) in [5.74, 6) is -0.927. The van der Waals surface area contributed by atoms with Crippen LogP contribution in [0.4, 0.5) is 14.9 Å². The van der Waals surface area contributed by atoms with Crippen LogP contribution in [-0.2, 0) is 19.5 Å². The normalized spacial score (nSPS) is 19.4. The van der Waals surface area contributed by atoms with Gasteiger partial charge >= 0.3 is 6.03 Å². The number of aliphatic hydroxyl groups is 1. The molecule has 2 aromatic rings. The lowest BCUT2D eigenvalue weighted by Crippen LogP contribution is -2.39. The summed E-state index contributed by atoms with van der Waals surface area (Å²) in [5, 5.41) is 20.3. The molecule has 0 fully saturated rings. The molecular weight excluding hydrogens is 413 g/mol. The highest BCUT2D eigenvalue weighted by molar-refractivity contribution is 6.31. The molecule has 3 heterocycles. The van der Waals surface area contributed by atoms with Gasteiger partial charge in [-0.2, -0.15) is 5.10 Å². The molecule has 0 aliphatic carbocycles. The van der Waals surface area contributed by atoms with Crippen LogP contribution in [0.3, 0.4) is 0 Å². The number of rotatable bonds is 3. The van der Waals surface area contributed by atoms with Crippen molar-refractivity contribution in [2.24, 2.45) is 5.92 Å². The highest BCUT2D eigenvalue weighted by atomic mass is 35.5. The van der Waals surface area contributed by atoms with Gasteiger partial charge in [0.25, 0.3) is 5.91 Å². The molecule has 2 unspecified atom stereocenters. The second-order valence-electron chi connectivity index (χ2n) is 7.63. The Morgan fingerprint density at radius 2 is 2.30 bits per heavy atom. The molecule has 0 spiro atoms. The first-order valence-corrected chi connectivity index (χ1v) is 10.3. The van der Waals surface area contributed by atoms with Crippen LogP contribution >= 0.6 is 11.6 Å². The van der Waals surface area contributed by atoms with Gasteiger partial charge < -0.3 is 20.6 Å². The standard InChI is InChI=1S/C20H23ClFN5O3/c1-2-17(28)11-8-23-19(29)18-13-10-26(6-5-16(13)25-27(18)9-11)20(30)24-12-3-4-15(22)14(21)7-12/h3-4,7,11,17,28H,2,5-6,8-10H2,1H3,(H,23,29)(H,24,30). The minimum Gasteiger partial charge on any atom is -0.393 e. The van der Waals surface area contributed by atoms with Crippen LogP contribution in [0.15, 0.2) is 18.2 Å². The molecule has 3 N–H and O–H groups in total. The molecule has 2 aliphatic rings. The van der Waals surface area contributed by atoms with Gasteiger partial charge in [0.2, 0.25) is 0 Å². The van der Waals surface area contributed by atoms with Gasteiger partial charge in [0.1, 0.15) is 11.5 Å². The zero-order valence-electron chi connectivity index (χ0n) is 16.5. The lowest BCUT2D eigenvalue weighted by Gasteiger charge is -2.27. The van der Waals surface area contributed by atoms with E-state index >= 15 is 0 Å². The Bertz CT molecular complexity index is 995. The molecule has 0 saturated carbocycles. The van der Waals surface area contributed by atoms with Crippen LogP contribution in [0, 0.1) is 11.7 Å². The van der Waals surface area contributed by atoms with Gasteiger partial charge in [-0.3, -0.25) is 9.48 Å². The summed E-state index contributed by atoms with van der Waals surface area (Å²) in [6.07, 6.45) is 0.585. The average molecular weight is 436 g/mol. The minimum absolute atomic E-state index is 0.0730. The van der Waals surface area contributed by atoms with E-state index in [1.807, 2.05) is 6.92 Å². The van der Waals surface area contributed by atoms with Crippen LogP contribution in [0.2, 0.25) is 5.02 Å². The highest BCUT2D eigenvalue weighted by Gasteiger charge is 2.34. The van der Waals surface area contributed by atoms with Crippen LogP contribution < -0.4 is 10.6 Å². The molecule has 160 valence electrons. The summed E-state index contributed by atoms with van der Waals surface area (Å²) >= 11 is 5.78. The predicted molar refractivity (Wildman–Crippen MR) is 109 cm³/mol. The van der Waals surface area contributed by atoms with E-state index in [1.54, 1.807) is 9.58 Å². The van der Waals surface area contributed by atoms with Crippen LogP contribution in [0.1, 0.15) is 35.1 Å². The van der Waals surface area contributed by atoms with E-state index in [0.717, 1.165) is 11.3 Å². The Morgan fingerprint density at radius 3 is 3.03 bits per heavy atom. The maximum Gasteiger partial charge on any atom is 0.322 e. The molecular formula is C20H23ClFN5O3. The molecule has 8 nitrogen and oxygen atoms in total. The lowest BCUT2D eigenvalue weighted by molar-refractivity contribution is 0.0867. The molecule has 2 aliphatic heterocycles. The number of aromatic nitrogens is 2. The number of nitrogens with one attached hydrogen (secondary N) is 2. The van der Waals surface area contributed by atoms with E-state index in [-0.39, 0.29) is 29.4 Å². The fourth-order valence-electron chi connectivity index (χ4n) is 3.95. The van der Waals surface area contributed by atoms with E-state index in [1.165, 1.54) is 18.2 Å². The molecule has 10 heteroatoms. The Balaban J connectivity index is 1.54. The van der Waals surface area contributed by atoms with E-state index in [2.05, 4.69) is 15.7 Å². The van der Waals surface area contributed by atoms with Gasteiger partial charge in [-0.1, -0.05) is 18.5 Å². The van der Waals surface area contributed by atoms with Crippen LogP contribution in [-0.4, -0.2) is 50.9 Å². The Labute approximate surface area is 178 Å². The highest BCUT2D eigenvalue weighted by Crippen LogP contribution is 2.26. The summed E-state index contributed by atoms with van der Waals surface area (Å²) in [6, 6.07) is 3.61. The summed E-state index contributed by atoms with van der Waals surface area (Å²) in [6.45, 7) is 3.39. The van der Waals surface area contributed by atoms with Crippen LogP contribution in [0.25, 0.3) is 0 Å². The number of carbonyl (C=O) groups excluding carboxylic acids is 2. The molecule has 0 bridgehead atoms. The molecule has 2 atom stereocenters. The van der Waals surface area contributed by atoms with E-state index < -0.39 is 11.9 Å². The Kier molecular flexibility index (Phi) is 5.66. The molecule has 30 heavy (non-hydrogen) atoms. The number of aliphatic hydroxyl groups excluding tert-OH is 1. The summed E-state index contributed by atoms with van der Waals surface area (Å²) in [5.41, 5.74) is 2.34. The van der Waals surface area contributed by atoms with Crippen molar-refractivity contribution < 1.29 is 19.1 Å². The summed E-state index contributed by atoms with van der Waals surface area (Å²) in [4.78, 5) is 27.0. The zero-order chi connectivity index (χ0) is 21.4. The largest absolute Gasteiger partial charge is 0.393 e. The van der Waals surface area contributed by atoms with Crippen molar-refractivity contribution in [3.8, 4) is 0 Å². The summed E-state index contributed by atoms with van der Waals surface area (Å²) in [7, 11) is 0. The maximum atomic E-state index is 13.3. The van der Waals surface area contributed by atoms with Crippen molar-refractivity contribution in [3.63, 3.8) is 0 Å². The maximum absolute atomic E-state index is 13.3. The fourth-order valence-corrected chi connectivity index (χ4v) is 4.13. The van der Waals surface area contributed by atoms with Gasteiger partial charge in [0.15, 0.2) is 0 Å². The molecule has 1 aromatic carbocycles. The number of carbonyl (C=O) groups is 2. The third-order valence-electron chi connectivity index (χ3n) is 5.67. The smallest absolute Gasteiger partial charge is 0.322 e. The van der Waals surface area contributed by atoms with Crippen molar-refractivity contribution in [2.45, 2.75) is 39.0 Å². The molecule has 4 rings (SSSR count). The minimum atomic E-state index is -0.558. The van der Waals surface area contributed by atoms with Crippen LogP contribution in [0.5, 0.6) is 0 Å². The first kappa shape index (κ1) is 20.6. The number of urea groups is 1. The zero-order valence-corrected chi connectivity index (χ0v) is 17.2. The quantitative estimate of drug-likeness (QED) is 0.689. The van der Waals surface area contributed by atoms with Crippen molar-refractivity contribution in [2.75, 3.05) is 18.4 Å². The number of hydrogen-bond donors (Lipinski definition) is 3. The second kappa shape index (κ2) is 8.23. The second-order valence-corrected chi connectivity index (χ2v) is 8.04. The van der Waals surface area contributed by atoms with E-state index in [0.29, 0.717) is 43.9 Å². The first-order valence-electron chi connectivity index (χ1n) is 9.93. The van der Waals surface area contributed by atoms with Gasteiger partial charge in [-0.15, -0.1) is 0 Å². The first-order chi connectivity index (χ1) is 14.4. The van der Waals surface area contributed by atoms with Gasteiger partial charge in [0.05, 0.1) is 23.4 Å². The SMILES string of the molecule is CCC(O)C1CNC(=O)c2c3c(nn2C1)CCN(C(=O)Nc1ccc(F)c(Cl)c1)C3. The number of anilines is 1. The van der Waals surface area contributed by atoms with Gasteiger partial charge in [0, 0.05) is 43.2 Å². The van der Waals surface area contributed by atoms with E-state index in [9.17, 15) is 19.1 Å². The van der Waals surface area contributed by atoms with Crippen molar-refractivity contribution in [3.05, 3.63) is 46.0 Å². The lowest BCUT2D eigenvalue weighted by atomic mass is 10.0.